The normalized spacial score (nSPS) is 10.9. The van der Waals surface area contributed by atoms with E-state index in [0.717, 1.165) is 17.5 Å². The van der Waals surface area contributed by atoms with E-state index < -0.39 is 0 Å². The SMILES string of the molecule is Cc1ccc(CSc2ncc[nH]2)c(NCC(C)C)c1. The summed E-state index contributed by atoms with van der Waals surface area (Å²) in [5, 5.41) is 4.51. The molecule has 4 heteroatoms. The monoisotopic (exact) mass is 275 g/mol. The quantitative estimate of drug-likeness (QED) is 0.780. The summed E-state index contributed by atoms with van der Waals surface area (Å²) in [6, 6.07) is 6.59. The summed E-state index contributed by atoms with van der Waals surface area (Å²) in [6.45, 7) is 7.58. The number of hydrogen-bond donors (Lipinski definition) is 2. The van der Waals surface area contributed by atoms with Gasteiger partial charge in [0.15, 0.2) is 5.16 Å². The van der Waals surface area contributed by atoms with E-state index in [0.29, 0.717) is 5.92 Å². The van der Waals surface area contributed by atoms with E-state index in [4.69, 9.17) is 0 Å². The Balaban J connectivity index is 2.05. The van der Waals surface area contributed by atoms with E-state index in [1.165, 1.54) is 16.8 Å². The van der Waals surface area contributed by atoms with Crippen molar-refractivity contribution in [1.29, 1.82) is 0 Å². The Hall–Kier alpha value is -1.42. The molecule has 19 heavy (non-hydrogen) atoms. The van der Waals surface area contributed by atoms with E-state index in [-0.39, 0.29) is 0 Å². The van der Waals surface area contributed by atoms with E-state index in [9.17, 15) is 0 Å². The van der Waals surface area contributed by atoms with Gasteiger partial charge in [0, 0.05) is 30.4 Å². The van der Waals surface area contributed by atoms with Crippen molar-refractivity contribution in [2.45, 2.75) is 31.7 Å². The first-order valence-electron chi connectivity index (χ1n) is 6.60. The highest BCUT2D eigenvalue weighted by molar-refractivity contribution is 7.98. The molecular formula is C15H21N3S. The summed E-state index contributed by atoms with van der Waals surface area (Å²) >= 11 is 1.73. The molecule has 2 rings (SSSR count). The van der Waals surface area contributed by atoms with E-state index in [1.807, 2.05) is 6.20 Å². The topological polar surface area (TPSA) is 40.7 Å². The molecule has 102 valence electrons. The summed E-state index contributed by atoms with van der Waals surface area (Å²) in [6.07, 6.45) is 3.64. The van der Waals surface area contributed by atoms with Gasteiger partial charge in [-0.1, -0.05) is 37.7 Å². The molecule has 0 bridgehead atoms. The molecule has 0 fully saturated rings. The van der Waals surface area contributed by atoms with Crippen molar-refractivity contribution in [3.8, 4) is 0 Å². The molecule has 0 saturated heterocycles. The average molecular weight is 275 g/mol. The Morgan fingerprint density at radius 2 is 2.21 bits per heavy atom. The number of anilines is 1. The van der Waals surface area contributed by atoms with Gasteiger partial charge in [0.05, 0.1) is 0 Å². The first kappa shape index (κ1) is 14.0. The fourth-order valence-electron chi connectivity index (χ4n) is 1.77. The molecule has 0 spiro atoms. The number of imidazole rings is 1. The zero-order valence-electron chi connectivity index (χ0n) is 11.7. The smallest absolute Gasteiger partial charge is 0.165 e. The van der Waals surface area contributed by atoms with Crippen molar-refractivity contribution in [3.05, 3.63) is 41.7 Å². The zero-order chi connectivity index (χ0) is 13.7. The first-order chi connectivity index (χ1) is 9.15. The summed E-state index contributed by atoms with van der Waals surface area (Å²) in [7, 11) is 0. The molecule has 0 radical (unpaired) electrons. The number of hydrogen-bond acceptors (Lipinski definition) is 3. The fourth-order valence-corrected chi connectivity index (χ4v) is 2.60. The van der Waals surface area contributed by atoms with Crippen LogP contribution in [0.5, 0.6) is 0 Å². The molecule has 1 aromatic carbocycles. The highest BCUT2D eigenvalue weighted by atomic mass is 32.2. The standard InChI is InChI=1S/C15H21N3S/c1-11(2)9-18-14-8-12(3)4-5-13(14)10-19-15-16-6-7-17-15/h4-8,11,18H,9-10H2,1-3H3,(H,16,17). The van der Waals surface area contributed by atoms with Crippen LogP contribution < -0.4 is 5.32 Å². The number of aryl methyl sites for hydroxylation is 1. The summed E-state index contributed by atoms with van der Waals surface area (Å²) in [5.41, 5.74) is 3.86. The average Bonchev–Trinajstić information content (AvgIpc) is 2.88. The predicted octanol–water partition coefficient (Wildman–Crippen LogP) is 4.08. The van der Waals surface area contributed by atoms with Crippen LogP contribution in [0.15, 0.2) is 35.7 Å². The number of nitrogens with one attached hydrogen (secondary N) is 2. The molecule has 0 aliphatic rings. The maximum atomic E-state index is 4.24. The maximum Gasteiger partial charge on any atom is 0.165 e. The molecule has 2 aromatic rings. The second-order valence-corrected chi connectivity index (χ2v) is 6.08. The lowest BCUT2D eigenvalue weighted by Gasteiger charge is -2.14. The number of H-pyrrole nitrogens is 1. The van der Waals surface area contributed by atoms with Crippen molar-refractivity contribution in [2.24, 2.45) is 5.92 Å². The van der Waals surface area contributed by atoms with Crippen molar-refractivity contribution in [1.82, 2.24) is 9.97 Å². The summed E-state index contributed by atoms with van der Waals surface area (Å²) < 4.78 is 0. The second-order valence-electron chi connectivity index (χ2n) is 5.12. The number of thioether (sulfide) groups is 1. The Morgan fingerprint density at radius 3 is 2.89 bits per heavy atom. The fraction of sp³-hybridized carbons (Fsp3) is 0.400. The predicted molar refractivity (Wildman–Crippen MR) is 82.7 cm³/mol. The molecule has 1 heterocycles. The number of aromatic amines is 1. The van der Waals surface area contributed by atoms with Crippen LogP contribution in [0.2, 0.25) is 0 Å². The Kier molecular flexibility index (Phi) is 4.91. The molecule has 2 N–H and O–H groups in total. The van der Waals surface area contributed by atoms with Gasteiger partial charge < -0.3 is 10.3 Å². The van der Waals surface area contributed by atoms with Gasteiger partial charge in [-0.15, -0.1) is 0 Å². The third kappa shape index (κ3) is 4.31. The van der Waals surface area contributed by atoms with Gasteiger partial charge in [-0.2, -0.15) is 0 Å². The van der Waals surface area contributed by atoms with Gasteiger partial charge in [-0.3, -0.25) is 0 Å². The Morgan fingerprint density at radius 1 is 1.37 bits per heavy atom. The van der Waals surface area contributed by atoms with Gasteiger partial charge in [-0.25, -0.2) is 4.98 Å². The third-order valence-electron chi connectivity index (χ3n) is 2.80. The lowest BCUT2D eigenvalue weighted by atomic mass is 10.1. The molecular weight excluding hydrogens is 254 g/mol. The number of rotatable bonds is 6. The Labute approximate surface area is 119 Å². The molecule has 0 saturated carbocycles. The Bertz CT molecular complexity index is 506. The number of benzene rings is 1. The van der Waals surface area contributed by atoms with Gasteiger partial charge in [0.1, 0.15) is 0 Å². The van der Waals surface area contributed by atoms with Crippen LogP contribution in [0.4, 0.5) is 5.69 Å². The van der Waals surface area contributed by atoms with Crippen LogP contribution in [0.3, 0.4) is 0 Å². The molecule has 0 atom stereocenters. The minimum Gasteiger partial charge on any atom is -0.385 e. The van der Waals surface area contributed by atoms with Crippen LogP contribution in [-0.2, 0) is 5.75 Å². The molecule has 1 aromatic heterocycles. The van der Waals surface area contributed by atoms with Crippen LogP contribution in [-0.4, -0.2) is 16.5 Å². The first-order valence-corrected chi connectivity index (χ1v) is 7.59. The molecule has 0 aliphatic carbocycles. The largest absolute Gasteiger partial charge is 0.385 e. The third-order valence-corrected chi connectivity index (χ3v) is 3.76. The van der Waals surface area contributed by atoms with Crippen LogP contribution in [0.25, 0.3) is 0 Å². The highest BCUT2D eigenvalue weighted by Crippen LogP contribution is 2.25. The van der Waals surface area contributed by atoms with Gasteiger partial charge in [0.25, 0.3) is 0 Å². The van der Waals surface area contributed by atoms with E-state index in [2.05, 4.69) is 54.3 Å². The maximum absolute atomic E-state index is 4.24. The minimum absolute atomic E-state index is 0.645. The van der Waals surface area contributed by atoms with E-state index >= 15 is 0 Å². The van der Waals surface area contributed by atoms with Crippen LogP contribution >= 0.6 is 11.8 Å². The number of aromatic nitrogens is 2. The van der Waals surface area contributed by atoms with Crippen molar-refractivity contribution in [3.63, 3.8) is 0 Å². The molecule has 0 amide bonds. The van der Waals surface area contributed by atoms with Crippen LogP contribution in [0, 0.1) is 12.8 Å². The highest BCUT2D eigenvalue weighted by Gasteiger charge is 2.05. The van der Waals surface area contributed by atoms with E-state index in [1.54, 1.807) is 18.0 Å². The lowest BCUT2D eigenvalue weighted by molar-refractivity contribution is 0.688. The molecule has 0 aliphatic heterocycles. The number of nitrogens with zero attached hydrogens (tertiary/aromatic N) is 1. The summed E-state index contributed by atoms with van der Waals surface area (Å²) in [4.78, 5) is 7.36. The molecule has 3 nitrogen and oxygen atoms in total. The zero-order valence-corrected chi connectivity index (χ0v) is 12.6. The van der Waals surface area contributed by atoms with Crippen molar-refractivity contribution >= 4 is 17.4 Å². The minimum atomic E-state index is 0.645. The summed E-state index contributed by atoms with van der Waals surface area (Å²) in [5.74, 6) is 1.57. The van der Waals surface area contributed by atoms with Gasteiger partial charge in [-0.05, 0) is 30.0 Å². The van der Waals surface area contributed by atoms with Gasteiger partial charge >= 0.3 is 0 Å². The molecule has 0 unspecified atom stereocenters. The lowest BCUT2D eigenvalue weighted by Crippen LogP contribution is -2.09. The van der Waals surface area contributed by atoms with Crippen molar-refractivity contribution < 1.29 is 0 Å². The van der Waals surface area contributed by atoms with Crippen molar-refractivity contribution in [2.75, 3.05) is 11.9 Å². The van der Waals surface area contributed by atoms with Crippen LogP contribution in [0.1, 0.15) is 25.0 Å². The van der Waals surface area contributed by atoms with Gasteiger partial charge in [0.2, 0.25) is 0 Å². The second kappa shape index (κ2) is 6.66.